The van der Waals surface area contributed by atoms with Crippen LogP contribution in [-0.2, 0) is 16.0 Å². The number of piperidine rings is 1. The molecule has 1 fully saturated rings. The largest absolute Gasteiger partial charge is 0.494 e. The summed E-state index contributed by atoms with van der Waals surface area (Å²) in [6.07, 6.45) is 4.75. The molecule has 1 aliphatic heterocycles. The standard InChI is InChI=1S/C22H35N3O3/c1-4-6-17-28-20-9-7-18(8-10-20)11-14-24-22(23-5-2)25-15-12-19(13-16-25)21(26)27-3/h7-10,19H,4-6,11-17H2,1-3H3,(H,23,24). The van der Waals surface area contributed by atoms with Crippen LogP contribution in [0.2, 0.25) is 0 Å². The first kappa shape index (κ1) is 22.1. The van der Waals surface area contributed by atoms with E-state index in [1.807, 2.05) is 12.1 Å². The van der Waals surface area contributed by atoms with Gasteiger partial charge < -0.3 is 19.7 Å². The minimum atomic E-state index is -0.0938. The van der Waals surface area contributed by atoms with Crippen LogP contribution in [0.1, 0.15) is 45.1 Å². The Labute approximate surface area is 169 Å². The summed E-state index contributed by atoms with van der Waals surface area (Å²) in [7, 11) is 1.46. The minimum absolute atomic E-state index is 0.0159. The maximum atomic E-state index is 11.7. The highest BCUT2D eigenvalue weighted by Crippen LogP contribution is 2.18. The van der Waals surface area contributed by atoms with E-state index in [0.717, 1.165) is 76.6 Å². The monoisotopic (exact) mass is 389 g/mol. The molecule has 1 aliphatic rings. The SMILES string of the molecule is CCCCOc1ccc(CCN=C(NCC)N2CCC(C(=O)OC)CC2)cc1. The van der Waals surface area contributed by atoms with Gasteiger partial charge in [-0.05, 0) is 50.3 Å². The van der Waals surface area contributed by atoms with Crippen LogP contribution in [0, 0.1) is 5.92 Å². The minimum Gasteiger partial charge on any atom is -0.494 e. The van der Waals surface area contributed by atoms with E-state index in [-0.39, 0.29) is 11.9 Å². The molecule has 0 aliphatic carbocycles. The molecule has 1 aromatic carbocycles. The van der Waals surface area contributed by atoms with Gasteiger partial charge in [-0.1, -0.05) is 25.5 Å². The van der Waals surface area contributed by atoms with Crippen molar-refractivity contribution in [2.24, 2.45) is 10.9 Å². The summed E-state index contributed by atoms with van der Waals surface area (Å²) in [5.41, 5.74) is 1.26. The van der Waals surface area contributed by atoms with Gasteiger partial charge in [0, 0.05) is 26.2 Å². The van der Waals surface area contributed by atoms with Crippen molar-refractivity contribution in [2.75, 3.05) is 39.9 Å². The van der Waals surface area contributed by atoms with Gasteiger partial charge in [0.15, 0.2) is 5.96 Å². The number of esters is 1. The topological polar surface area (TPSA) is 63.2 Å². The molecule has 6 nitrogen and oxygen atoms in total. The molecule has 156 valence electrons. The summed E-state index contributed by atoms with van der Waals surface area (Å²) in [5.74, 6) is 1.79. The van der Waals surface area contributed by atoms with Crippen LogP contribution in [0.4, 0.5) is 0 Å². The van der Waals surface area contributed by atoms with Gasteiger partial charge >= 0.3 is 5.97 Å². The van der Waals surface area contributed by atoms with Crippen molar-refractivity contribution in [3.8, 4) is 5.75 Å². The number of aliphatic imine (C=N–C) groups is 1. The number of guanidine groups is 1. The smallest absolute Gasteiger partial charge is 0.308 e. The molecule has 0 radical (unpaired) electrons. The molecule has 0 bridgehead atoms. The fraction of sp³-hybridized carbons (Fsp3) is 0.636. The van der Waals surface area contributed by atoms with Crippen molar-refractivity contribution in [1.29, 1.82) is 0 Å². The summed E-state index contributed by atoms with van der Waals surface area (Å²) >= 11 is 0. The predicted molar refractivity (Wildman–Crippen MR) is 113 cm³/mol. The molecule has 6 heteroatoms. The number of likely N-dealkylation sites (tertiary alicyclic amines) is 1. The first-order valence-electron chi connectivity index (χ1n) is 10.5. The number of rotatable bonds is 9. The lowest BCUT2D eigenvalue weighted by Gasteiger charge is -2.33. The average Bonchev–Trinajstić information content (AvgIpc) is 2.74. The first-order chi connectivity index (χ1) is 13.7. The zero-order valence-electron chi connectivity index (χ0n) is 17.6. The number of unbranched alkanes of at least 4 members (excludes halogenated alkanes) is 1. The number of ether oxygens (including phenoxy) is 2. The number of carbonyl (C=O) groups excluding carboxylic acids is 1. The molecule has 0 aromatic heterocycles. The Morgan fingerprint density at radius 3 is 2.54 bits per heavy atom. The Hall–Kier alpha value is -2.24. The number of hydrogen-bond acceptors (Lipinski definition) is 4. The highest BCUT2D eigenvalue weighted by Gasteiger charge is 2.26. The number of carbonyl (C=O) groups is 1. The van der Waals surface area contributed by atoms with Crippen LogP contribution < -0.4 is 10.1 Å². The molecule has 1 saturated heterocycles. The Kier molecular flexibility index (Phi) is 9.66. The molecular weight excluding hydrogens is 354 g/mol. The quantitative estimate of drug-likeness (QED) is 0.304. The summed E-state index contributed by atoms with van der Waals surface area (Å²) < 4.78 is 10.6. The second-order valence-electron chi connectivity index (χ2n) is 7.12. The third-order valence-corrected chi connectivity index (χ3v) is 5.02. The number of benzene rings is 1. The maximum absolute atomic E-state index is 11.7. The van der Waals surface area contributed by atoms with Gasteiger partial charge in [-0.2, -0.15) is 0 Å². The zero-order valence-corrected chi connectivity index (χ0v) is 17.6. The molecule has 28 heavy (non-hydrogen) atoms. The highest BCUT2D eigenvalue weighted by molar-refractivity contribution is 5.80. The van der Waals surface area contributed by atoms with Crippen molar-refractivity contribution < 1.29 is 14.3 Å². The normalized spacial score (nSPS) is 15.4. The second kappa shape index (κ2) is 12.3. The van der Waals surface area contributed by atoms with Gasteiger partial charge in [0.25, 0.3) is 0 Å². The molecule has 0 spiro atoms. The zero-order chi connectivity index (χ0) is 20.2. The van der Waals surface area contributed by atoms with E-state index < -0.39 is 0 Å². The third-order valence-electron chi connectivity index (χ3n) is 5.02. The molecule has 2 rings (SSSR count). The lowest BCUT2D eigenvalue weighted by Crippen LogP contribution is -2.46. The van der Waals surface area contributed by atoms with Gasteiger partial charge in [0.2, 0.25) is 0 Å². The van der Waals surface area contributed by atoms with Crippen LogP contribution in [0.3, 0.4) is 0 Å². The summed E-state index contributed by atoms with van der Waals surface area (Å²) in [6, 6.07) is 8.31. The second-order valence-corrected chi connectivity index (χ2v) is 7.12. The van der Waals surface area contributed by atoms with Crippen LogP contribution >= 0.6 is 0 Å². The van der Waals surface area contributed by atoms with Crippen molar-refractivity contribution in [3.63, 3.8) is 0 Å². The van der Waals surface area contributed by atoms with E-state index >= 15 is 0 Å². The fourth-order valence-electron chi connectivity index (χ4n) is 3.30. The predicted octanol–water partition coefficient (Wildman–Crippen LogP) is 3.26. The van der Waals surface area contributed by atoms with Gasteiger partial charge in [0.1, 0.15) is 5.75 Å². The molecule has 0 unspecified atom stereocenters. The summed E-state index contributed by atoms with van der Waals surface area (Å²) in [6.45, 7) is 8.24. The van der Waals surface area contributed by atoms with Gasteiger partial charge in [-0.25, -0.2) is 0 Å². The Bertz CT molecular complexity index is 608. The van der Waals surface area contributed by atoms with Crippen LogP contribution in [-0.4, -0.2) is 56.7 Å². The van der Waals surface area contributed by atoms with E-state index in [4.69, 9.17) is 14.5 Å². The number of nitrogens with zero attached hydrogens (tertiary/aromatic N) is 2. The van der Waals surface area contributed by atoms with Gasteiger partial charge in [-0.3, -0.25) is 9.79 Å². The van der Waals surface area contributed by atoms with Crippen molar-refractivity contribution >= 4 is 11.9 Å². The van der Waals surface area contributed by atoms with Crippen LogP contribution in [0.5, 0.6) is 5.75 Å². The van der Waals surface area contributed by atoms with Crippen molar-refractivity contribution in [1.82, 2.24) is 10.2 Å². The highest BCUT2D eigenvalue weighted by atomic mass is 16.5. The Morgan fingerprint density at radius 1 is 1.21 bits per heavy atom. The Morgan fingerprint density at radius 2 is 1.93 bits per heavy atom. The molecule has 0 amide bonds. The maximum Gasteiger partial charge on any atom is 0.308 e. The number of hydrogen-bond donors (Lipinski definition) is 1. The third kappa shape index (κ3) is 7.06. The Balaban J connectivity index is 1.83. The molecule has 0 atom stereocenters. The van der Waals surface area contributed by atoms with E-state index in [2.05, 4.69) is 36.2 Å². The summed E-state index contributed by atoms with van der Waals surface area (Å²) in [5, 5.41) is 3.37. The lowest BCUT2D eigenvalue weighted by atomic mass is 9.97. The molecule has 1 aromatic rings. The lowest BCUT2D eigenvalue weighted by molar-refractivity contribution is -0.146. The first-order valence-corrected chi connectivity index (χ1v) is 10.5. The van der Waals surface area contributed by atoms with Gasteiger partial charge in [-0.15, -0.1) is 0 Å². The fourth-order valence-corrected chi connectivity index (χ4v) is 3.30. The van der Waals surface area contributed by atoms with Crippen LogP contribution in [0.15, 0.2) is 29.3 Å². The molecule has 1 N–H and O–H groups in total. The van der Waals surface area contributed by atoms with E-state index in [1.165, 1.54) is 12.7 Å². The van der Waals surface area contributed by atoms with Crippen LogP contribution in [0.25, 0.3) is 0 Å². The molecular formula is C22H35N3O3. The van der Waals surface area contributed by atoms with Crippen molar-refractivity contribution in [2.45, 2.75) is 46.0 Å². The van der Waals surface area contributed by atoms with E-state index in [1.54, 1.807) is 0 Å². The van der Waals surface area contributed by atoms with E-state index in [9.17, 15) is 4.79 Å². The average molecular weight is 390 g/mol. The van der Waals surface area contributed by atoms with Crippen molar-refractivity contribution in [3.05, 3.63) is 29.8 Å². The summed E-state index contributed by atoms with van der Waals surface area (Å²) in [4.78, 5) is 18.7. The van der Waals surface area contributed by atoms with E-state index in [0.29, 0.717) is 0 Å². The van der Waals surface area contributed by atoms with Gasteiger partial charge in [0.05, 0.1) is 19.6 Å². The number of nitrogens with one attached hydrogen (secondary N) is 1. The molecule has 0 saturated carbocycles. The molecule has 1 heterocycles. The number of methoxy groups -OCH3 is 1.